The molecule has 0 radical (unpaired) electrons. The van der Waals surface area contributed by atoms with Gasteiger partial charge in [0.2, 0.25) is 0 Å². The van der Waals surface area contributed by atoms with Gasteiger partial charge in [-0.05, 0) is 11.6 Å². The maximum atomic E-state index is 6.04. The minimum absolute atomic E-state index is 0.0902. The summed E-state index contributed by atoms with van der Waals surface area (Å²) < 4.78 is 0. The Labute approximate surface area is 70.5 Å². The molecule has 0 saturated heterocycles. The van der Waals surface area contributed by atoms with Gasteiger partial charge in [-0.2, -0.15) is 0 Å². The van der Waals surface area contributed by atoms with Crippen LogP contribution in [0.4, 0.5) is 5.69 Å². The summed E-state index contributed by atoms with van der Waals surface area (Å²) in [6, 6.07) is 8.04. The Bertz CT molecular complexity index is 262. The molecule has 3 heteroatoms. The average Bonchev–Trinajstić information content (AvgIpc) is 2.06. The molecule has 0 bridgehead atoms. The van der Waals surface area contributed by atoms with Crippen molar-refractivity contribution in [3.8, 4) is 0 Å². The quantitative estimate of drug-likeness (QED) is 0.579. The Kier molecular flexibility index (Phi) is 1.72. The van der Waals surface area contributed by atoms with Crippen molar-refractivity contribution in [3.63, 3.8) is 0 Å². The Morgan fingerprint density at radius 1 is 1.36 bits per heavy atom. The molecule has 0 saturated carbocycles. The first-order chi connectivity index (χ1) is 5.38. The van der Waals surface area contributed by atoms with Crippen molar-refractivity contribution in [1.29, 1.82) is 0 Å². The van der Waals surface area contributed by atoms with Crippen LogP contribution >= 0.6 is 11.6 Å². The Morgan fingerprint density at radius 3 is 3.00 bits per heavy atom. The molecule has 1 unspecified atom stereocenters. The molecule has 0 fully saturated rings. The number of hydrogen-bond acceptors (Lipinski definition) is 2. The van der Waals surface area contributed by atoms with Gasteiger partial charge in [0.15, 0.2) is 0 Å². The highest BCUT2D eigenvalue weighted by Crippen LogP contribution is 2.29. The lowest BCUT2D eigenvalue weighted by atomic mass is 10.1. The van der Waals surface area contributed by atoms with Crippen LogP contribution in [0.2, 0.25) is 0 Å². The van der Waals surface area contributed by atoms with Crippen molar-refractivity contribution in [3.05, 3.63) is 29.8 Å². The van der Waals surface area contributed by atoms with Crippen molar-refractivity contribution < 1.29 is 0 Å². The molecule has 1 aliphatic rings. The number of rotatable bonds is 0. The van der Waals surface area contributed by atoms with Gasteiger partial charge in [-0.3, -0.25) is 0 Å². The zero-order valence-electron chi connectivity index (χ0n) is 5.97. The fourth-order valence-corrected chi connectivity index (χ4v) is 1.50. The zero-order chi connectivity index (χ0) is 7.68. The van der Waals surface area contributed by atoms with Gasteiger partial charge in [0.05, 0.1) is 11.1 Å². The molecule has 1 heterocycles. The fourth-order valence-electron chi connectivity index (χ4n) is 1.23. The van der Waals surface area contributed by atoms with E-state index < -0.39 is 0 Å². The molecule has 0 aromatic heterocycles. The van der Waals surface area contributed by atoms with Gasteiger partial charge in [0, 0.05) is 6.54 Å². The van der Waals surface area contributed by atoms with Crippen molar-refractivity contribution in [2.45, 2.75) is 5.38 Å². The first kappa shape index (κ1) is 6.95. The number of nitrogens with one attached hydrogen (secondary N) is 2. The number of hydrogen-bond donors (Lipinski definition) is 2. The smallest absolute Gasteiger partial charge is 0.0748 e. The van der Waals surface area contributed by atoms with Crippen LogP contribution in [0.15, 0.2) is 24.3 Å². The Hall–Kier alpha value is -0.730. The fraction of sp³-hybridized carbons (Fsp3) is 0.250. The highest BCUT2D eigenvalue weighted by atomic mass is 35.5. The van der Waals surface area contributed by atoms with E-state index in [1.165, 1.54) is 5.56 Å². The van der Waals surface area contributed by atoms with E-state index >= 15 is 0 Å². The number of alkyl halides is 1. The standard InChI is InChI=1S/C8H9ClN2/c9-7-5-10-11-8-4-2-1-3-6(7)8/h1-4,7,10-11H,5H2. The van der Waals surface area contributed by atoms with Crippen LogP contribution in [0, 0.1) is 0 Å². The van der Waals surface area contributed by atoms with E-state index in [4.69, 9.17) is 11.6 Å². The van der Waals surface area contributed by atoms with E-state index in [0.717, 1.165) is 12.2 Å². The summed E-state index contributed by atoms with van der Waals surface area (Å²) in [7, 11) is 0. The van der Waals surface area contributed by atoms with Crippen LogP contribution in [0.1, 0.15) is 10.9 Å². The second kappa shape index (κ2) is 2.72. The largest absolute Gasteiger partial charge is 0.321 e. The van der Waals surface area contributed by atoms with E-state index in [-0.39, 0.29) is 5.38 Å². The summed E-state index contributed by atoms with van der Waals surface area (Å²) >= 11 is 6.04. The number of halogens is 1. The van der Waals surface area contributed by atoms with Crippen molar-refractivity contribution in [1.82, 2.24) is 5.43 Å². The lowest BCUT2D eigenvalue weighted by molar-refractivity contribution is 0.728. The SMILES string of the molecule is ClC1CNNc2ccccc21. The molecule has 1 atom stereocenters. The monoisotopic (exact) mass is 168 g/mol. The number of anilines is 1. The molecule has 0 spiro atoms. The number of para-hydroxylation sites is 1. The molecular weight excluding hydrogens is 160 g/mol. The van der Waals surface area contributed by atoms with Gasteiger partial charge in [0.25, 0.3) is 0 Å². The zero-order valence-corrected chi connectivity index (χ0v) is 6.73. The van der Waals surface area contributed by atoms with E-state index in [9.17, 15) is 0 Å². The van der Waals surface area contributed by atoms with E-state index in [0.29, 0.717) is 0 Å². The third-order valence-corrected chi connectivity index (χ3v) is 2.19. The second-order valence-electron chi connectivity index (χ2n) is 2.56. The average molecular weight is 169 g/mol. The first-order valence-corrected chi connectivity index (χ1v) is 4.03. The molecule has 2 rings (SSSR count). The predicted octanol–water partition coefficient (Wildman–Crippen LogP) is 1.90. The Morgan fingerprint density at radius 2 is 2.18 bits per heavy atom. The molecule has 2 nitrogen and oxygen atoms in total. The van der Waals surface area contributed by atoms with Gasteiger partial charge in [-0.25, -0.2) is 5.43 Å². The van der Waals surface area contributed by atoms with E-state index in [1.807, 2.05) is 24.3 Å². The van der Waals surface area contributed by atoms with Gasteiger partial charge in [-0.15, -0.1) is 11.6 Å². The van der Waals surface area contributed by atoms with E-state index in [1.54, 1.807) is 0 Å². The maximum Gasteiger partial charge on any atom is 0.0748 e. The molecule has 1 aromatic rings. The van der Waals surface area contributed by atoms with Crippen molar-refractivity contribution in [2.75, 3.05) is 12.0 Å². The highest BCUT2D eigenvalue weighted by Gasteiger charge is 2.15. The minimum Gasteiger partial charge on any atom is -0.321 e. The van der Waals surface area contributed by atoms with Gasteiger partial charge in [0.1, 0.15) is 0 Å². The Balaban J connectivity index is 2.44. The highest BCUT2D eigenvalue weighted by molar-refractivity contribution is 6.21. The lowest BCUT2D eigenvalue weighted by Gasteiger charge is -2.22. The third-order valence-electron chi connectivity index (χ3n) is 1.80. The van der Waals surface area contributed by atoms with Crippen molar-refractivity contribution in [2.24, 2.45) is 0 Å². The van der Waals surface area contributed by atoms with Crippen LogP contribution < -0.4 is 10.9 Å². The summed E-state index contributed by atoms with van der Waals surface area (Å²) in [6.07, 6.45) is 0. The number of hydrazine groups is 1. The third kappa shape index (κ3) is 1.19. The molecule has 2 N–H and O–H groups in total. The normalized spacial score (nSPS) is 22.1. The van der Waals surface area contributed by atoms with Crippen LogP contribution in [0.5, 0.6) is 0 Å². The van der Waals surface area contributed by atoms with Crippen molar-refractivity contribution >= 4 is 17.3 Å². The summed E-state index contributed by atoms with van der Waals surface area (Å²) in [5, 5.41) is 0.0902. The molecule has 1 aromatic carbocycles. The molecule has 0 aliphatic carbocycles. The first-order valence-electron chi connectivity index (χ1n) is 3.60. The topological polar surface area (TPSA) is 24.1 Å². The maximum absolute atomic E-state index is 6.04. The van der Waals surface area contributed by atoms with Crippen LogP contribution in [-0.4, -0.2) is 6.54 Å². The molecular formula is C8H9ClN2. The summed E-state index contributed by atoms with van der Waals surface area (Å²) in [6.45, 7) is 0.776. The second-order valence-corrected chi connectivity index (χ2v) is 3.09. The minimum atomic E-state index is 0.0902. The summed E-state index contributed by atoms with van der Waals surface area (Å²) in [5.74, 6) is 0. The molecule has 0 amide bonds. The van der Waals surface area contributed by atoms with Crippen LogP contribution in [0.25, 0.3) is 0 Å². The van der Waals surface area contributed by atoms with Gasteiger partial charge in [-0.1, -0.05) is 18.2 Å². The lowest BCUT2D eigenvalue weighted by Crippen LogP contribution is -2.30. The van der Waals surface area contributed by atoms with Gasteiger partial charge >= 0.3 is 0 Å². The molecule has 1 aliphatic heterocycles. The van der Waals surface area contributed by atoms with Crippen LogP contribution in [0.3, 0.4) is 0 Å². The van der Waals surface area contributed by atoms with E-state index in [2.05, 4.69) is 10.9 Å². The van der Waals surface area contributed by atoms with Gasteiger partial charge < -0.3 is 5.43 Å². The summed E-state index contributed by atoms with van der Waals surface area (Å²) in [4.78, 5) is 0. The predicted molar refractivity (Wildman–Crippen MR) is 46.7 cm³/mol. The number of fused-ring (bicyclic) bond motifs is 1. The summed E-state index contributed by atoms with van der Waals surface area (Å²) in [5.41, 5.74) is 8.32. The number of benzene rings is 1. The van der Waals surface area contributed by atoms with Crippen LogP contribution in [-0.2, 0) is 0 Å². The molecule has 58 valence electrons. The molecule has 11 heavy (non-hydrogen) atoms.